The Labute approximate surface area is 164 Å². The van der Waals surface area contributed by atoms with Gasteiger partial charge in [-0.15, -0.1) is 21.5 Å². The molecule has 2 aromatic rings. The highest BCUT2D eigenvalue weighted by atomic mass is 32.1. The van der Waals surface area contributed by atoms with E-state index in [-0.39, 0.29) is 5.91 Å². The molecule has 0 spiro atoms. The number of para-hydroxylation sites is 1. The van der Waals surface area contributed by atoms with Crippen LogP contribution in [0.4, 0.5) is 0 Å². The molecule has 2 fully saturated rings. The maximum Gasteiger partial charge on any atom is 0.257 e. The summed E-state index contributed by atoms with van der Waals surface area (Å²) in [5.41, 5.74) is 0.646. The van der Waals surface area contributed by atoms with Crippen LogP contribution in [-0.4, -0.2) is 41.2 Å². The molecule has 1 saturated carbocycles. The van der Waals surface area contributed by atoms with Crippen molar-refractivity contribution < 1.29 is 9.53 Å². The molecule has 0 bridgehead atoms. The molecule has 2 heterocycles. The van der Waals surface area contributed by atoms with Crippen molar-refractivity contribution in [2.75, 3.05) is 20.2 Å². The fourth-order valence-corrected chi connectivity index (χ4v) is 5.42. The molecule has 144 valence electrons. The van der Waals surface area contributed by atoms with Crippen molar-refractivity contribution >= 4 is 17.2 Å². The van der Waals surface area contributed by atoms with E-state index in [2.05, 4.69) is 10.2 Å². The van der Waals surface area contributed by atoms with Gasteiger partial charge in [-0.2, -0.15) is 0 Å². The van der Waals surface area contributed by atoms with Crippen molar-refractivity contribution in [2.45, 2.75) is 50.9 Å². The van der Waals surface area contributed by atoms with Crippen molar-refractivity contribution in [3.63, 3.8) is 0 Å². The third-order valence-corrected chi connectivity index (χ3v) is 7.00. The number of carbonyl (C=O) groups excluding carboxylic acids is 1. The first-order chi connectivity index (χ1) is 13.2. The summed E-state index contributed by atoms with van der Waals surface area (Å²) in [7, 11) is 1.61. The van der Waals surface area contributed by atoms with Crippen LogP contribution in [0.5, 0.6) is 5.75 Å². The maximum atomic E-state index is 12.8. The van der Waals surface area contributed by atoms with E-state index in [1.54, 1.807) is 18.4 Å². The van der Waals surface area contributed by atoms with E-state index < -0.39 is 0 Å². The molecule has 27 heavy (non-hydrogen) atoms. The number of nitrogens with zero attached hydrogens (tertiary/aromatic N) is 3. The van der Waals surface area contributed by atoms with E-state index in [1.807, 2.05) is 29.2 Å². The Balaban J connectivity index is 1.35. The van der Waals surface area contributed by atoms with Crippen molar-refractivity contribution in [1.82, 2.24) is 15.1 Å². The first-order valence-corrected chi connectivity index (χ1v) is 10.8. The Kier molecular flexibility index (Phi) is 5.72. The number of amides is 1. The van der Waals surface area contributed by atoms with Crippen molar-refractivity contribution in [2.24, 2.45) is 5.92 Å². The fraction of sp³-hybridized carbons (Fsp3) is 0.571. The molecule has 1 saturated heterocycles. The second-order valence-electron chi connectivity index (χ2n) is 7.66. The SMILES string of the molecule is COc1ccccc1C(=O)N1CCC(c2nnc(CC3CCCC3)s2)CC1. The molecule has 6 heteroatoms. The van der Waals surface area contributed by atoms with Crippen molar-refractivity contribution in [3.8, 4) is 5.75 Å². The normalized spacial score (nSPS) is 18.8. The first-order valence-electron chi connectivity index (χ1n) is 9.99. The van der Waals surface area contributed by atoms with E-state index in [9.17, 15) is 4.79 Å². The fourth-order valence-electron chi connectivity index (χ4n) is 4.30. The van der Waals surface area contributed by atoms with Gasteiger partial charge in [-0.25, -0.2) is 0 Å². The Morgan fingerprint density at radius 2 is 1.89 bits per heavy atom. The van der Waals surface area contributed by atoms with Gasteiger partial charge in [-0.1, -0.05) is 37.8 Å². The van der Waals surface area contributed by atoms with Crippen molar-refractivity contribution in [1.29, 1.82) is 0 Å². The molecule has 0 radical (unpaired) electrons. The number of hydrogen-bond acceptors (Lipinski definition) is 5. The molecule has 5 nitrogen and oxygen atoms in total. The quantitative estimate of drug-likeness (QED) is 0.770. The molecule has 1 aliphatic heterocycles. The molecule has 0 N–H and O–H groups in total. The van der Waals surface area contributed by atoms with Gasteiger partial charge in [0.15, 0.2) is 0 Å². The summed E-state index contributed by atoms with van der Waals surface area (Å²) in [6.07, 6.45) is 8.45. The van der Waals surface area contributed by atoms with Crippen LogP contribution in [-0.2, 0) is 6.42 Å². The molecule has 0 unspecified atom stereocenters. The average Bonchev–Trinajstić information content (AvgIpc) is 3.40. The third-order valence-electron chi connectivity index (χ3n) is 5.89. The summed E-state index contributed by atoms with van der Waals surface area (Å²) >= 11 is 1.79. The predicted molar refractivity (Wildman–Crippen MR) is 106 cm³/mol. The molecular weight excluding hydrogens is 358 g/mol. The van der Waals surface area contributed by atoms with Gasteiger partial charge in [0.25, 0.3) is 5.91 Å². The van der Waals surface area contributed by atoms with Crippen LogP contribution in [0.3, 0.4) is 0 Å². The predicted octanol–water partition coefficient (Wildman–Crippen LogP) is 4.30. The van der Waals surface area contributed by atoms with Crippen molar-refractivity contribution in [3.05, 3.63) is 39.8 Å². The lowest BCUT2D eigenvalue weighted by molar-refractivity contribution is 0.0709. The van der Waals surface area contributed by atoms with Crippen LogP contribution >= 0.6 is 11.3 Å². The first kappa shape index (κ1) is 18.4. The largest absolute Gasteiger partial charge is 0.496 e. The highest BCUT2D eigenvalue weighted by Gasteiger charge is 2.28. The number of methoxy groups -OCH3 is 1. The van der Waals surface area contributed by atoms with Gasteiger partial charge in [0, 0.05) is 25.4 Å². The molecule has 1 aromatic carbocycles. The Morgan fingerprint density at radius 1 is 1.15 bits per heavy atom. The second kappa shape index (κ2) is 8.38. The van der Waals surface area contributed by atoms with Crippen LogP contribution in [0.2, 0.25) is 0 Å². The molecule has 1 amide bonds. The lowest BCUT2D eigenvalue weighted by atomic mass is 9.97. The number of hydrogen-bond donors (Lipinski definition) is 0. The van der Waals surface area contributed by atoms with Gasteiger partial charge >= 0.3 is 0 Å². The second-order valence-corrected chi connectivity index (χ2v) is 8.75. The number of benzene rings is 1. The van der Waals surface area contributed by atoms with E-state index in [0.717, 1.165) is 43.3 Å². The molecule has 1 aromatic heterocycles. The van der Waals surface area contributed by atoms with Gasteiger partial charge in [0.1, 0.15) is 15.8 Å². The Morgan fingerprint density at radius 3 is 2.63 bits per heavy atom. The zero-order valence-corrected chi connectivity index (χ0v) is 16.7. The van der Waals surface area contributed by atoms with Crippen LogP contribution in [0, 0.1) is 5.92 Å². The lowest BCUT2D eigenvalue weighted by Gasteiger charge is -2.31. The zero-order valence-electron chi connectivity index (χ0n) is 15.9. The Hall–Kier alpha value is -1.95. The number of likely N-dealkylation sites (tertiary alicyclic amines) is 1. The standard InChI is InChI=1S/C21H27N3O2S/c1-26-18-9-5-4-8-17(18)21(25)24-12-10-16(11-13-24)20-23-22-19(27-20)14-15-6-2-3-7-15/h4-5,8-9,15-16H,2-3,6-7,10-14H2,1H3. The van der Waals surface area contributed by atoms with E-state index >= 15 is 0 Å². The van der Waals surface area contributed by atoms with Gasteiger partial charge in [-0.05, 0) is 30.9 Å². The molecule has 2 aliphatic rings. The summed E-state index contributed by atoms with van der Waals surface area (Å²) < 4.78 is 5.34. The molecule has 4 rings (SSSR count). The highest BCUT2D eigenvalue weighted by Crippen LogP contribution is 2.34. The highest BCUT2D eigenvalue weighted by molar-refractivity contribution is 7.11. The average molecular weight is 386 g/mol. The monoisotopic (exact) mass is 385 g/mol. The van der Waals surface area contributed by atoms with E-state index in [0.29, 0.717) is 17.2 Å². The summed E-state index contributed by atoms with van der Waals surface area (Å²) in [6.45, 7) is 1.53. The molecular formula is C21H27N3O2S. The zero-order chi connectivity index (χ0) is 18.6. The summed E-state index contributed by atoms with van der Waals surface area (Å²) in [5, 5.41) is 11.3. The number of piperidine rings is 1. The minimum Gasteiger partial charge on any atom is -0.496 e. The van der Waals surface area contributed by atoms with Crippen LogP contribution in [0.1, 0.15) is 64.8 Å². The number of aromatic nitrogens is 2. The van der Waals surface area contributed by atoms with Gasteiger partial charge in [0.2, 0.25) is 0 Å². The van der Waals surface area contributed by atoms with E-state index in [4.69, 9.17) is 4.74 Å². The molecule has 0 atom stereocenters. The summed E-state index contributed by atoms with van der Waals surface area (Å²) in [4.78, 5) is 14.8. The van der Waals surface area contributed by atoms with Crippen LogP contribution in [0.25, 0.3) is 0 Å². The number of rotatable bonds is 5. The number of ether oxygens (including phenoxy) is 1. The third kappa shape index (κ3) is 4.15. The van der Waals surface area contributed by atoms with Crippen LogP contribution < -0.4 is 4.74 Å². The van der Waals surface area contributed by atoms with Gasteiger partial charge in [-0.3, -0.25) is 4.79 Å². The maximum absolute atomic E-state index is 12.8. The summed E-state index contributed by atoms with van der Waals surface area (Å²) in [5.74, 6) is 1.95. The van der Waals surface area contributed by atoms with Gasteiger partial charge in [0.05, 0.1) is 12.7 Å². The van der Waals surface area contributed by atoms with Gasteiger partial charge < -0.3 is 9.64 Å². The summed E-state index contributed by atoms with van der Waals surface area (Å²) in [6, 6.07) is 7.45. The number of carbonyl (C=O) groups is 1. The minimum atomic E-state index is 0.0603. The topological polar surface area (TPSA) is 55.3 Å². The van der Waals surface area contributed by atoms with Crippen LogP contribution in [0.15, 0.2) is 24.3 Å². The lowest BCUT2D eigenvalue weighted by Crippen LogP contribution is -2.38. The smallest absolute Gasteiger partial charge is 0.257 e. The molecule has 1 aliphatic carbocycles. The van der Waals surface area contributed by atoms with E-state index in [1.165, 1.54) is 30.7 Å². The Bertz CT molecular complexity index is 777. The minimum absolute atomic E-state index is 0.0603.